The van der Waals surface area contributed by atoms with Crippen molar-refractivity contribution in [2.45, 2.75) is 13.3 Å². The SMILES string of the molecule is Cc1cc(F)cc(Br)c1N1CC(CS)CC1=O. The van der Waals surface area contributed by atoms with Crippen molar-refractivity contribution in [1.82, 2.24) is 0 Å². The summed E-state index contributed by atoms with van der Waals surface area (Å²) in [5.74, 6) is 0.761. The Labute approximate surface area is 114 Å². The highest BCUT2D eigenvalue weighted by atomic mass is 79.9. The molecule has 0 spiro atoms. The third-order valence-corrected chi connectivity index (χ3v) is 4.07. The number of halogens is 2. The van der Waals surface area contributed by atoms with Crippen LogP contribution in [0.1, 0.15) is 12.0 Å². The van der Waals surface area contributed by atoms with Crippen LogP contribution in [0.25, 0.3) is 0 Å². The molecule has 17 heavy (non-hydrogen) atoms. The molecule has 1 amide bonds. The third-order valence-electron chi connectivity index (χ3n) is 2.95. The summed E-state index contributed by atoms with van der Waals surface area (Å²) in [4.78, 5) is 13.6. The number of thiol groups is 1. The average Bonchev–Trinajstić information content (AvgIpc) is 2.59. The van der Waals surface area contributed by atoms with Crippen LogP contribution < -0.4 is 4.90 Å². The van der Waals surface area contributed by atoms with Gasteiger partial charge in [-0.2, -0.15) is 12.6 Å². The smallest absolute Gasteiger partial charge is 0.227 e. The molecule has 0 aliphatic carbocycles. The number of hydrogen-bond acceptors (Lipinski definition) is 2. The summed E-state index contributed by atoms with van der Waals surface area (Å²) in [6.45, 7) is 2.47. The zero-order valence-electron chi connectivity index (χ0n) is 9.41. The molecule has 1 atom stereocenters. The van der Waals surface area contributed by atoms with Gasteiger partial charge in [0.05, 0.1) is 5.69 Å². The van der Waals surface area contributed by atoms with Crippen molar-refractivity contribution in [2.75, 3.05) is 17.2 Å². The minimum Gasteiger partial charge on any atom is -0.311 e. The molecule has 5 heteroatoms. The molecule has 1 heterocycles. The molecule has 0 saturated carbocycles. The average molecular weight is 318 g/mol. The third kappa shape index (κ3) is 2.50. The maximum atomic E-state index is 13.2. The van der Waals surface area contributed by atoms with Gasteiger partial charge in [-0.25, -0.2) is 4.39 Å². The van der Waals surface area contributed by atoms with Gasteiger partial charge >= 0.3 is 0 Å². The van der Waals surface area contributed by atoms with Crippen LogP contribution in [0.5, 0.6) is 0 Å². The fraction of sp³-hybridized carbons (Fsp3) is 0.417. The number of carbonyl (C=O) groups is 1. The summed E-state index contributed by atoms with van der Waals surface area (Å²) < 4.78 is 13.8. The van der Waals surface area contributed by atoms with Crippen molar-refractivity contribution in [3.8, 4) is 0 Å². The maximum Gasteiger partial charge on any atom is 0.227 e. The van der Waals surface area contributed by atoms with E-state index in [0.29, 0.717) is 23.2 Å². The maximum absolute atomic E-state index is 13.2. The van der Waals surface area contributed by atoms with Crippen molar-refractivity contribution in [3.05, 3.63) is 28.0 Å². The highest BCUT2D eigenvalue weighted by Gasteiger charge is 2.31. The van der Waals surface area contributed by atoms with Gasteiger partial charge in [0.1, 0.15) is 5.82 Å². The highest BCUT2D eigenvalue weighted by molar-refractivity contribution is 9.10. The molecule has 0 radical (unpaired) electrons. The predicted molar refractivity (Wildman–Crippen MR) is 73.2 cm³/mol. The summed E-state index contributed by atoms with van der Waals surface area (Å²) in [5, 5.41) is 0. The van der Waals surface area contributed by atoms with Gasteiger partial charge in [-0.05, 0) is 52.2 Å². The van der Waals surface area contributed by atoms with Gasteiger partial charge in [-0.15, -0.1) is 0 Å². The molecule has 2 rings (SSSR count). The molecule has 1 saturated heterocycles. The van der Waals surface area contributed by atoms with Gasteiger partial charge in [0.15, 0.2) is 0 Å². The largest absolute Gasteiger partial charge is 0.311 e. The molecule has 0 bridgehead atoms. The van der Waals surface area contributed by atoms with E-state index in [1.807, 2.05) is 6.92 Å². The normalized spacial score (nSPS) is 20.1. The molecule has 0 aromatic heterocycles. The van der Waals surface area contributed by atoms with Gasteiger partial charge in [0.2, 0.25) is 5.91 Å². The number of nitrogens with zero attached hydrogens (tertiary/aromatic N) is 1. The Hall–Kier alpha value is -0.550. The highest BCUT2D eigenvalue weighted by Crippen LogP contribution is 2.35. The first-order valence-corrected chi connectivity index (χ1v) is 6.82. The Bertz CT molecular complexity index is 443. The predicted octanol–water partition coefficient (Wildman–Crippen LogP) is 3.18. The fourth-order valence-electron chi connectivity index (χ4n) is 2.16. The number of aryl methyl sites for hydroxylation is 1. The van der Waals surface area contributed by atoms with Gasteiger partial charge in [-0.1, -0.05) is 0 Å². The first kappa shape index (κ1) is 12.9. The molecule has 92 valence electrons. The van der Waals surface area contributed by atoms with Crippen LogP contribution in [0.3, 0.4) is 0 Å². The quantitative estimate of drug-likeness (QED) is 0.831. The first-order chi connectivity index (χ1) is 8.02. The monoisotopic (exact) mass is 317 g/mol. The van der Waals surface area contributed by atoms with E-state index in [1.165, 1.54) is 12.1 Å². The van der Waals surface area contributed by atoms with E-state index in [0.717, 1.165) is 11.3 Å². The number of amides is 1. The zero-order chi connectivity index (χ0) is 12.6. The van der Waals surface area contributed by atoms with Crippen molar-refractivity contribution in [1.29, 1.82) is 0 Å². The van der Waals surface area contributed by atoms with Gasteiger partial charge < -0.3 is 4.90 Å². The van der Waals surface area contributed by atoms with Gasteiger partial charge in [0, 0.05) is 17.4 Å². The second-order valence-corrected chi connectivity index (χ2v) is 5.53. The first-order valence-electron chi connectivity index (χ1n) is 5.39. The van der Waals surface area contributed by atoms with E-state index in [2.05, 4.69) is 28.6 Å². The summed E-state index contributed by atoms with van der Waals surface area (Å²) in [6, 6.07) is 2.84. The summed E-state index contributed by atoms with van der Waals surface area (Å²) in [7, 11) is 0. The van der Waals surface area contributed by atoms with E-state index in [9.17, 15) is 9.18 Å². The van der Waals surface area contributed by atoms with Crippen LogP contribution in [-0.2, 0) is 4.79 Å². The molecule has 2 nitrogen and oxygen atoms in total. The van der Waals surface area contributed by atoms with E-state index >= 15 is 0 Å². The van der Waals surface area contributed by atoms with Crippen LogP contribution >= 0.6 is 28.6 Å². The number of benzene rings is 1. The molecular formula is C12H13BrFNOS. The van der Waals surface area contributed by atoms with Crippen molar-refractivity contribution in [2.24, 2.45) is 5.92 Å². The molecule has 0 N–H and O–H groups in total. The molecule has 1 aliphatic heterocycles. The summed E-state index contributed by atoms with van der Waals surface area (Å²) >= 11 is 7.55. The number of anilines is 1. The Morgan fingerprint density at radius 1 is 1.59 bits per heavy atom. The summed E-state index contributed by atoms with van der Waals surface area (Å²) in [6.07, 6.45) is 0.521. The van der Waals surface area contributed by atoms with Crippen LogP contribution in [0.4, 0.5) is 10.1 Å². The standard InChI is InChI=1S/C12H13BrFNOS/c1-7-2-9(14)4-10(13)12(7)15-5-8(6-17)3-11(15)16/h2,4,8,17H,3,5-6H2,1H3. The molecule has 1 aromatic rings. The van der Waals surface area contributed by atoms with Crippen LogP contribution in [0, 0.1) is 18.7 Å². The van der Waals surface area contributed by atoms with E-state index < -0.39 is 0 Å². The Morgan fingerprint density at radius 2 is 2.29 bits per heavy atom. The molecule has 1 fully saturated rings. The van der Waals surface area contributed by atoms with E-state index in [-0.39, 0.29) is 17.6 Å². The van der Waals surface area contributed by atoms with E-state index in [4.69, 9.17) is 0 Å². The van der Waals surface area contributed by atoms with Crippen molar-refractivity contribution < 1.29 is 9.18 Å². The number of rotatable bonds is 2. The Kier molecular flexibility index (Phi) is 3.78. The number of hydrogen-bond donors (Lipinski definition) is 1. The Morgan fingerprint density at radius 3 is 2.82 bits per heavy atom. The topological polar surface area (TPSA) is 20.3 Å². The fourth-order valence-corrected chi connectivity index (χ4v) is 3.15. The second-order valence-electron chi connectivity index (χ2n) is 4.31. The molecular weight excluding hydrogens is 305 g/mol. The number of carbonyl (C=O) groups excluding carboxylic acids is 1. The minimum atomic E-state index is -0.296. The lowest BCUT2D eigenvalue weighted by atomic mass is 10.1. The molecule has 1 unspecified atom stereocenters. The lowest BCUT2D eigenvalue weighted by Crippen LogP contribution is -2.26. The lowest BCUT2D eigenvalue weighted by Gasteiger charge is -2.20. The summed E-state index contributed by atoms with van der Waals surface area (Å²) in [5.41, 5.74) is 1.55. The molecule has 1 aliphatic rings. The van der Waals surface area contributed by atoms with Crippen LogP contribution in [-0.4, -0.2) is 18.2 Å². The van der Waals surface area contributed by atoms with Crippen molar-refractivity contribution >= 4 is 40.2 Å². The van der Waals surface area contributed by atoms with E-state index in [1.54, 1.807) is 4.90 Å². The van der Waals surface area contributed by atoms with Crippen LogP contribution in [0.15, 0.2) is 16.6 Å². The zero-order valence-corrected chi connectivity index (χ0v) is 11.9. The van der Waals surface area contributed by atoms with Crippen molar-refractivity contribution in [3.63, 3.8) is 0 Å². The van der Waals surface area contributed by atoms with Gasteiger partial charge in [-0.3, -0.25) is 4.79 Å². The van der Waals surface area contributed by atoms with Gasteiger partial charge in [0.25, 0.3) is 0 Å². The molecule has 1 aromatic carbocycles. The lowest BCUT2D eigenvalue weighted by molar-refractivity contribution is -0.117. The minimum absolute atomic E-state index is 0.0828. The Balaban J connectivity index is 2.38. The second kappa shape index (κ2) is 4.98. The van der Waals surface area contributed by atoms with Crippen LogP contribution in [0.2, 0.25) is 0 Å².